The third kappa shape index (κ3) is 12.0. The van der Waals surface area contributed by atoms with Gasteiger partial charge in [0.05, 0.1) is 61.9 Å². The van der Waals surface area contributed by atoms with Crippen molar-refractivity contribution in [1.82, 2.24) is 35.0 Å². The number of alkyl carbamates (subject to hydrolysis) is 2. The number of allylic oxidation sites excluding steroid dienone is 1. The number of hydrogen-bond donors (Lipinski definition) is 3. The number of hydrogen-bond acceptors (Lipinski definition) is 9. The molecule has 5 aromatic rings. The number of ether oxygens (including phenoxy) is 3. The van der Waals surface area contributed by atoms with Gasteiger partial charge in [-0.2, -0.15) is 0 Å². The number of aliphatic imine (C=N–C) groups is 1. The molecule has 4 unspecified atom stereocenters. The third-order valence-corrected chi connectivity index (χ3v) is 14.4. The average molecular weight is 993 g/mol. The minimum absolute atomic E-state index is 0.101. The second-order valence-electron chi connectivity index (χ2n) is 20.0. The van der Waals surface area contributed by atoms with Crippen molar-refractivity contribution >= 4 is 35.4 Å². The fraction of sp³-hybridized carbons (Fsp3) is 0.448. The molecule has 15 nitrogen and oxygen atoms in total. The van der Waals surface area contributed by atoms with Crippen LogP contribution in [0.2, 0.25) is 0 Å². The fourth-order valence-corrected chi connectivity index (χ4v) is 10.3. The number of methoxy groups -OCH3 is 2. The molecule has 5 heterocycles. The summed E-state index contributed by atoms with van der Waals surface area (Å²) < 4.78 is 18.1. The highest BCUT2D eigenvalue weighted by Crippen LogP contribution is 2.37. The predicted molar refractivity (Wildman–Crippen MR) is 285 cm³/mol. The Hall–Kier alpha value is -7.16. The SMILES string of the molecule is CCCCCCOc1ccc(-n2c(-c3ccc(C4=CCCC(C5CCCN5C(=O)C(NC(=O)OC)C(C)C)=N4)cc3)ccc2-c2ccc(-c3cnc(C4CCCN4C(=O)C(NC(=O)OC)C(C)C)[nH]3)cc2)cc1. The van der Waals surface area contributed by atoms with Gasteiger partial charge in [0.1, 0.15) is 23.7 Å². The first kappa shape index (κ1) is 52.2. The van der Waals surface area contributed by atoms with Gasteiger partial charge in [-0.25, -0.2) is 14.6 Å². The van der Waals surface area contributed by atoms with Crippen LogP contribution in [0.25, 0.3) is 45.2 Å². The number of nitrogens with one attached hydrogen (secondary N) is 3. The van der Waals surface area contributed by atoms with Gasteiger partial charge in [-0.3, -0.25) is 14.6 Å². The van der Waals surface area contributed by atoms with Gasteiger partial charge in [0.2, 0.25) is 11.8 Å². The van der Waals surface area contributed by atoms with Gasteiger partial charge >= 0.3 is 12.2 Å². The maximum absolute atomic E-state index is 13.9. The number of aromatic nitrogens is 3. The largest absolute Gasteiger partial charge is 0.494 e. The van der Waals surface area contributed by atoms with Gasteiger partial charge in [0.15, 0.2) is 0 Å². The Labute approximate surface area is 429 Å². The summed E-state index contributed by atoms with van der Waals surface area (Å²) in [7, 11) is 2.61. The molecule has 4 amide bonds. The molecule has 2 fully saturated rings. The number of aromatic amines is 1. The molecule has 386 valence electrons. The minimum Gasteiger partial charge on any atom is -0.494 e. The maximum Gasteiger partial charge on any atom is 0.407 e. The first-order valence-corrected chi connectivity index (χ1v) is 26.2. The minimum atomic E-state index is -0.707. The normalized spacial score (nSPS) is 17.5. The molecular weight excluding hydrogens is 921 g/mol. The molecule has 0 radical (unpaired) electrons. The van der Waals surface area contributed by atoms with Crippen LogP contribution >= 0.6 is 0 Å². The fourth-order valence-electron chi connectivity index (χ4n) is 10.3. The molecule has 3 aromatic carbocycles. The van der Waals surface area contributed by atoms with Crippen molar-refractivity contribution in [2.45, 2.75) is 123 Å². The Morgan fingerprint density at radius 3 is 1.79 bits per heavy atom. The van der Waals surface area contributed by atoms with Crippen molar-refractivity contribution < 1.29 is 33.4 Å². The summed E-state index contributed by atoms with van der Waals surface area (Å²) in [6, 6.07) is 27.9. The molecule has 4 atom stereocenters. The third-order valence-electron chi connectivity index (χ3n) is 14.4. The van der Waals surface area contributed by atoms with Crippen molar-refractivity contribution in [2.24, 2.45) is 16.8 Å². The number of carbonyl (C=O) groups excluding carboxylic acids is 4. The molecule has 0 bridgehead atoms. The van der Waals surface area contributed by atoms with Gasteiger partial charge in [0.25, 0.3) is 0 Å². The lowest BCUT2D eigenvalue weighted by molar-refractivity contribution is -0.135. The number of rotatable bonds is 19. The Morgan fingerprint density at radius 1 is 0.685 bits per heavy atom. The van der Waals surface area contributed by atoms with Crippen molar-refractivity contribution in [3.8, 4) is 45.2 Å². The second kappa shape index (κ2) is 24.0. The van der Waals surface area contributed by atoms with E-state index in [4.69, 9.17) is 24.2 Å². The van der Waals surface area contributed by atoms with E-state index in [1.165, 1.54) is 27.1 Å². The molecule has 2 saturated heterocycles. The van der Waals surface area contributed by atoms with E-state index < -0.39 is 24.3 Å². The number of amides is 4. The molecule has 8 rings (SSSR count). The number of unbranched alkanes of at least 4 members (excludes halogenated alkanes) is 3. The highest BCUT2D eigenvalue weighted by atomic mass is 16.5. The summed E-state index contributed by atoms with van der Waals surface area (Å²) in [6.07, 6.45) is 12.2. The monoisotopic (exact) mass is 993 g/mol. The molecule has 3 aliphatic rings. The van der Waals surface area contributed by atoms with E-state index in [2.05, 4.69) is 106 Å². The quantitative estimate of drug-likeness (QED) is 0.0686. The van der Waals surface area contributed by atoms with E-state index in [9.17, 15) is 19.2 Å². The van der Waals surface area contributed by atoms with Crippen molar-refractivity contribution in [3.05, 3.63) is 109 Å². The summed E-state index contributed by atoms with van der Waals surface area (Å²) in [6.45, 7) is 11.8. The predicted octanol–water partition coefficient (Wildman–Crippen LogP) is 11.2. The highest BCUT2D eigenvalue weighted by Gasteiger charge is 2.39. The summed E-state index contributed by atoms with van der Waals surface area (Å²) in [5.74, 6) is 1.09. The lowest BCUT2D eigenvalue weighted by atomic mass is 9.97. The van der Waals surface area contributed by atoms with Crippen molar-refractivity contribution in [2.75, 3.05) is 33.9 Å². The Bertz CT molecular complexity index is 2760. The zero-order valence-corrected chi connectivity index (χ0v) is 43.5. The highest BCUT2D eigenvalue weighted by molar-refractivity contribution is 5.99. The van der Waals surface area contributed by atoms with Gasteiger partial charge in [-0.1, -0.05) is 108 Å². The van der Waals surface area contributed by atoms with Crippen molar-refractivity contribution in [3.63, 3.8) is 0 Å². The zero-order valence-electron chi connectivity index (χ0n) is 43.5. The number of imidazole rings is 1. The van der Waals surface area contributed by atoms with Gasteiger partial charge < -0.3 is 44.2 Å². The number of likely N-dealkylation sites (tertiary alicyclic amines) is 2. The van der Waals surface area contributed by atoms with E-state index in [0.29, 0.717) is 25.5 Å². The molecule has 3 N–H and O–H groups in total. The Morgan fingerprint density at radius 2 is 1.23 bits per heavy atom. The van der Waals surface area contributed by atoms with E-state index >= 15 is 0 Å². The molecule has 0 saturated carbocycles. The van der Waals surface area contributed by atoms with E-state index in [1.807, 2.05) is 55.8 Å². The summed E-state index contributed by atoms with van der Waals surface area (Å²) in [5, 5.41) is 5.48. The first-order valence-electron chi connectivity index (χ1n) is 26.2. The second-order valence-corrected chi connectivity index (χ2v) is 20.0. The number of H-pyrrole nitrogens is 1. The van der Waals surface area contributed by atoms with E-state index in [-0.39, 0.29) is 35.7 Å². The van der Waals surface area contributed by atoms with Crippen LogP contribution in [0.5, 0.6) is 5.75 Å². The summed E-state index contributed by atoms with van der Waals surface area (Å²) in [5.41, 5.74) is 9.82. The smallest absolute Gasteiger partial charge is 0.407 e. The van der Waals surface area contributed by atoms with Crippen LogP contribution in [-0.2, 0) is 19.1 Å². The molecule has 15 heteroatoms. The zero-order chi connectivity index (χ0) is 51.6. The van der Waals surface area contributed by atoms with Crippen LogP contribution in [0.3, 0.4) is 0 Å². The Balaban J connectivity index is 1.04. The van der Waals surface area contributed by atoms with Crippen LogP contribution in [-0.4, -0.2) is 106 Å². The summed E-state index contributed by atoms with van der Waals surface area (Å²) >= 11 is 0. The van der Waals surface area contributed by atoms with Gasteiger partial charge in [-0.15, -0.1) is 0 Å². The number of carbonyl (C=O) groups is 4. The lowest BCUT2D eigenvalue weighted by Gasteiger charge is -2.32. The molecule has 73 heavy (non-hydrogen) atoms. The van der Waals surface area contributed by atoms with Crippen molar-refractivity contribution in [1.29, 1.82) is 0 Å². The molecule has 3 aliphatic heterocycles. The first-order chi connectivity index (χ1) is 35.4. The standard InChI is InChI=1S/C58H72N8O7/c1-8-9-10-11-35-73-44-29-27-43(28-30-44)66-48(41-23-19-39(20-24-41)45-15-12-16-46(60-45)50-17-13-33-64(50)55(67)52(37(2)3)62-57(69)71-6)31-32-49(66)42-25-21-40(22-26-42)47-36-59-54(61-47)51-18-14-34-65(51)56(68)53(38(4)5)63-58(70)72-7/h15,19-32,36-38,50-53H,8-14,16-18,33-35H2,1-7H3,(H,59,61)(H,62,69)(H,63,70). The van der Waals surface area contributed by atoms with Crippen LogP contribution < -0.4 is 15.4 Å². The summed E-state index contributed by atoms with van der Waals surface area (Å²) in [4.78, 5) is 69.2. The van der Waals surface area contributed by atoms with Crippen LogP contribution in [0, 0.1) is 11.8 Å². The van der Waals surface area contributed by atoms with Gasteiger partial charge in [-0.05, 0) is 115 Å². The lowest BCUT2D eigenvalue weighted by Crippen LogP contribution is -2.53. The molecule has 0 aliphatic carbocycles. The topological polar surface area (TPSA) is 172 Å². The molecular formula is C58H72N8O7. The maximum atomic E-state index is 13.9. The van der Waals surface area contributed by atoms with Crippen LogP contribution in [0.15, 0.2) is 102 Å². The van der Waals surface area contributed by atoms with E-state index in [1.54, 1.807) is 0 Å². The average Bonchev–Trinajstić information content (AvgIpc) is 4.27. The van der Waals surface area contributed by atoms with Crippen LogP contribution in [0.1, 0.15) is 116 Å². The molecule has 0 spiro atoms. The van der Waals surface area contributed by atoms with E-state index in [0.717, 1.165) is 114 Å². The Kier molecular flexibility index (Phi) is 17.2. The molecule has 2 aromatic heterocycles. The van der Waals surface area contributed by atoms with Gasteiger partial charge in [0, 0.05) is 24.5 Å². The number of nitrogens with zero attached hydrogens (tertiary/aromatic N) is 5. The number of benzene rings is 3. The van der Waals surface area contributed by atoms with Crippen LogP contribution in [0.4, 0.5) is 9.59 Å².